The van der Waals surface area contributed by atoms with Crippen molar-refractivity contribution in [1.29, 1.82) is 0 Å². The Morgan fingerprint density at radius 2 is 1.67 bits per heavy atom. The highest BCUT2D eigenvalue weighted by atomic mass is 19.4. The molecular formula is C18H12F3NO5. The van der Waals surface area contributed by atoms with E-state index in [0.29, 0.717) is 10.9 Å². The van der Waals surface area contributed by atoms with Crippen LogP contribution in [0.5, 0.6) is 23.1 Å². The number of ether oxygens (including phenoxy) is 4. The Bertz CT molecular complexity index is 957. The standard InChI is InChI=1S/C18H12F3NO5/c1-24-17(23)26-15-10-16(22-14-5-3-2-4-13(14)15)25-11-6-8-12(9-7-11)27-18(19,20)21/h2-10H,1H3. The van der Waals surface area contributed by atoms with Crippen LogP contribution in [0.1, 0.15) is 0 Å². The van der Waals surface area contributed by atoms with E-state index in [0.717, 1.165) is 12.1 Å². The van der Waals surface area contributed by atoms with Crippen LogP contribution in [0.4, 0.5) is 18.0 Å². The number of aromatic nitrogens is 1. The fourth-order valence-electron chi connectivity index (χ4n) is 2.22. The summed E-state index contributed by atoms with van der Waals surface area (Å²) in [7, 11) is 1.17. The van der Waals surface area contributed by atoms with Gasteiger partial charge in [-0.25, -0.2) is 9.78 Å². The Kier molecular flexibility index (Phi) is 5.02. The topological polar surface area (TPSA) is 66.9 Å². The molecule has 2 aromatic carbocycles. The van der Waals surface area contributed by atoms with Crippen molar-refractivity contribution >= 4 is 17.1 Å². The van der Waals surface area contributed by atoms with Gasteiger partial charge in [-0.1, -0.05) is 12.1 Å². The average Bonchev–Trinajstić information content (AvgIpc) is 2.62. The van der Waals surface area contributed by atoms with Gasteiger partial charge in [0.15, 0.2) is 0 Å². The minimum absolute atomic E-state index is 0.0806. The smallest absolute Gasteiger partial charge is 0.439 e. The second-order valence-corrected chi connectivity index (χ2v) is 5.15. The van der Waals surface area contributed by atoms with Gasteiger partial charge in [0.25, 0.3) is 0 Å². The van der Waals surface area contributed by atoms with Gasteiger partial charge in [-0.15, -0.1) is 13.2 Å². The molecule has 3 aromatic rings. The Balaban J connectivity index is 1.87. The number of pyridine rings is 1. The van der Waals surface area contributed by atoms with Crippen LogP contribution in [0.2, 0.25) is 0 Å². The van der Waals surface area contributed by atoms with Crippen molar-refractivity contribution in [2.45, 2.75) is 6.36 Å². The first-order chi connectivity index (χ1) is 12.8. The number of alkyl halides is 3. The van der Waals surface area contributed by atoms with Crippen molar-refractivity contribution < 1.29 is 36.9 Å². The quantitative estimate of drug-likeness (QED) is 0.590. The maximum atomic E-state index is 12.2. The molecular weight excluding hydrogens is 367 g/mol. The molecule has 0 saturated carbocycles. The number of carbonyl (C=O) groups is 1. The van der Waals surface area contributed by atoms with Gasteiger partial charge in [0.05, 0.1) is 12.6 Å². The van der Waals surface area contributed by atoms with Crippen molar-refractivity contribution in [2.75, 3.05) is 7.11 Å². The molecule has 0 atom stereocenters. The van der Waals surface area contributed by atoms with E-state index in [2.05, 4.69) is 14.5 Å². The highest BCUT2D eigenvalue weighted by Crippen LogP contribution is 2.32. The van der Waals surface area contributed by atoms with E-state index in [1.54, 1.807) is 24.3 Å². The van der Waals surface area contributed by atoms with E-state index in [1.807, 2.05) is 0 Å². The molecule has 0 N–H and O–H groups in total. The minimum atomic E-state index is -4.78. The van der Waals surface area contributed by atoms with Gasteiger partial charge in [-0.05, 0) is 36.4 Å². The van der Waals surface area contributed by atoms with Crippen molar-refractivity contribution in [3.8, 4) is 23.1 Å². The minimum Gasteiger partial charge on any atom is -0.439 e. The van der Waals surface area contributed by atoms with Gasteiger partial charge in [0, 0.05) is 11.5 Å². The number of halogens is 3. The number of nitrogens with zero attached hydrogens (tertiary/aromatic N) is 1. The van der Waals surface area contributed by atoms with Crippen LogP contribution in [0, 0.1) is 0 Å². The number of benzene rings is 2. The van der Waals surface area contributed by atoms with Crippen LogP contribution in [0.3, 0.4) is 0 Å². The predicted octanol–water partition coefficient (Wildman–Crippen LogP) is 5.07. The molecule has 0 amide bonds. The zero-order valence-electron chi connectivity index (χ0n) is 13.8. The molecule has 0 unspecified atom stereocenters. The summed E-state index contributed by atoms with van der Waals surface area (Å²) in [5, 5.41) is 0.559. The van der Waals surface area contributed by atoms with Crippen molar-refractivity contribution in [3.05, 3.63) is 54.6 Å². The number of methoxy groups -OCH3 is 1. The van der Waals surface area contributed by atoms with E-state index in [1.165, 1.54) is 25.3 Å². The van der Waals surface area contributed by atoms with Crippen LogP contribution < -0.4 is 14.2 Å². The average molecular weight is 379 g/mol. The number of hydrogen-bond donors (Lipinski definition) is 0. The normalized spacial score (nSPS) is 11.1. The maximum Gasteiger partial charge on any atom is 0.573 e. The molecule has 27 heavy (non-hydrogen) atoms. The Morgan fingerprint density at radius 1 is 1.00 bits per heavy atom. The summed E-state index contributed by atoms with van der Waals surface area (Å²) in [6, 6.07) is 13.0. The van der Waals surface area contributed by atoms with Crippen molar-refractivity contribution in [2.24, 2.45) is 0 Å². The fourth-order valence-corrected chi connectivity index (χ4v) is 2.22. The molecule has 0 radical (unpaired) electrons. The first-order valence-corrected chi connectivity index (χ1v) is 7.53. The lowest BCUT2D eigenvalue weighted by Crippen LogP contribution is -2.16. The number of fused-ring (bicyclic) bond motifs is 1. The lowest BCUT2D eigenvalue weighted by Gasteiger charge is -2.11. The summed E-state index contributed by atoms with van der Waals surface area (Å²) < 4.78 is 55.5. The summed E-state index contributed by atoms with van der Waals surface area (Å²) in [4.78, 5) is 15.7. The molecule has 1 aromatic heterocycles. The van der Waals surface area contributed by atoms with E-state index >= 15 is 0 Å². The van der Waals surface area contributed by atoms with Crippen molar-refractivity contribution in [3.63, 3.8) is 0 Å². The Labute approximate surface area is 151 Å². The molecule has 0 aliphatic carbocycles. The first-order valence-electron chi connectivity index (χ1n) is 7.53. The lowest BCUT2D eigenvalue weighted by molar-refractivity contribution is -0.274. The number of carbonyl (C=O) groups excluding carboxylic acids is 1. The van der Waals surface area contributed by atoms with Crippen LogP contribution in [-0.4, -0.2) is 24.6 Å². The zero-order chi connectivity index (χ0) is 19.4. The first kappa shape index (κ1) is 18.3. The van der Waals surface area contributed by atoms with E-state index in [-0.39, 0.29) is 23.1 Å². The molecule has 1 heterocycles. The predicted molar refractivity (Wildman–Crippen MR) is 88.0 cm³/mol. The largest absolute Gasteiger partial charge is 0.573 e. The van der Waals surface area contributed by atoms with E-state index in [4.69, 9.17) is 9.47 Å². The van der Waals surface area contributed by atoms with E-state index < -0.39 is 12.5 Å². The van der Waals surface area contributed by atoms with Crippen LogP contribution in [-0.2, 0) is 4.74 Å². The number of rotatable bonds is 4. The van der Waals surface area contributed by atoms with Gasteiger partial charge >= 0.3 is 12.5 Å². The zero-order valence-corrected chi connectivity index (χ0v) is 13.8. The van der Waals surface area contributed by atoms with Crippen LogP contribution in [0.25, 0.3) is 10.9 Å². The third kappa shape index (κ3) is 4.78. The van der Waals surface area contributed by atoms with Gasteiger partial charge in [-0.3, -0.25) is 0 Å². The number of hydrogen-bond acceptors (Lipinski definition) is 6. The Morgan fingerprint density at radius 3 is 2.33 bits per heavy atom. The monoisotopic (exact) mass is 379 g/mol. The summed E-state index contributed by atoms with van der Waals surface area (Å²) in [5.74, 6) is 0.0870. The molecule has 0 aliphatic heterocycles. The second-order valence-electron chi connectivity index (χ2n) is 5.15. The molecule has 0 spiro atoms. The van der Waals surface area contributed by atoms with Crippen molar-refractivity contribution in [1.82, 2.24) is 4.98 Å². The molecule has 9 heteroatoms. The molecule has 0 aliphatic rings. The lowest BCUT2D eigenvalue weighted by atomic mass is 10.2. The second kappa shape index (κ2) is 7.40. The molecule has 6 nitrogen and oxygen atoms in total. The van der Waals surface area contributed by atoms with Gasteiger partial charge in [-0.2, -0.15) is 0 Å². The summed E-state index contributed by atoms with van der Waals surface area (Å²) in [6.07, 6.45) is -5.69. The highest BCUT2D eigenvalue weighted by Gasteiger charge is 2.31. The number of para-hydroxylation sites is 1. The van der Waals surface area contributed by atoms with Gasteiger partial charge < -0.3 is 18.9 Å². The molecule has 3 rings (SSSR count). The van der Waals surface area contributed by atoms with Gasteiger partial charge in [0.1, 0.15) is 17.2 Å². The fraction of sp³-hybridized carbons (Fsp3) is 0.111. The molecule has 0 bridgehead atoms. The SMILES string of the molecule is COC(=O)Oc1cc(Oc2ccc(OC(F)(F)F)cc2)nc2ccccc12. The maximum absolute atomic E-state index is 12.2. The summed E-state index contributed by atoms with van der Waals surface area (Å²) in [6.45, 7) is 0. The van der Waals surface area contributed by atoms with Crippen LogP contribution in [0.15, 0.2) is 54.6 Å². The molecule has 0 fully saturated rings. The highest BCUT2D eigenvalue weighted by molar-refractivity contribution is 5.87. The van der Waals surface area contributed by atoms with Gasteiger partial charge in [0.2, 0.25) is 5.88 Å². The van der Waals surface area contributed by atoms with Crippen LogP contribution >= 0.6 is 0 Å². The third-order valence-corrected chi connectivity index (χ3v) is 3.29. The summed E-state index contributed by atoms with van der Waals surface area (Å²) in [5.41, 5.74) is 0.492. The third-order valence-electron chi connectivity index (χ3n) is 3.29. The van der Waals surface area contributed by atoms with E-state index in [9.17, 15) is 18.0 Å². The molecule has 140 valence electrons. The Hall–Kier alpha value is -3.49. The molecule has 0 saturated heterocycles. The summed E-state index contributed by atoms with van der Waals surface area (Å²) >= 11 is 0.